The molecule has 0 aliphatic rings. The largest absolute Gasteiger partial charge is 0.588 e. The van der Waals surface area contributed by atoms with E-state index in [1.807, 2.05) is 0 Å². The van der Waals surface area contributed by atoms with Crippen LogP contribution in [0.3, 0.4) is 0 Å². The summed E-state index contributed by atoms with van der Waals surface area (Å²) in [5.41, 5.74) is -0.549. The van der Waals surface area contributed by atoms with Gasteiger partial charge in [-0.2, -0.15) is 0 Å². The number of nitro groups is 1. The van der Waals surface area contributed by atoms with Gasteiger partial charge in [0.15, 0.2) is 0 Å². The summed E-state index contributed by atoms with van der Waals surface area (Å²) in [6, 6.07) is 3.80. The van der Waals surface area contributed by atoms with Gasteiger partial charge in [0, 0.05) is 6.07 Å². The van der Waals surface area contributed by atoms with Gasteiger partial charge in [-0.1, -0.05) is 0 Å². The van der Waals surface area contributed by atoms with Crippen LogP contribution < -0.4 is 0 Å². The molecule has 3 N–H and O–H groups in total. The fourth-order valence-corrected chi connectivity index (χ4v) is 0.723. The molecule has 5 nitrogen and oxygen atoms in total. The lowest BCUT2D eigenvalue weighted by Crippen LogP contribution is -1.88. The number of aromatic hydroxyl groups is 1. The van der Waals surface area contributed by atoms with Crippen molar-refractivity contribution in [2.75, 3.05) is 0 Å². The Labute approximate surface area is 61.7 Å². The number of phenols is 1. The van der Waals surface area contributed by atoms with E-state index in [2.05, 4.69) is 0 Å². The van der Waals surface area contributed by atoms with Crippen LogP contribution >= 0.6 is 0 Å². The summed E-state index contributed by atoms with van der Waals surface area (Å²) in [4.78, 5) is 9.39. The standard InChI is InChI=1S/C6H5NO4/c8-4-2-1-3-5(9)6(4)7(10)11/h1-3,8-9H/p+1. The zero-order valence-corrected chi connectivity index (χ0v) is 5.44. The third-order valence-electron chi connectivity index (χ3n) is 1.20. The molecule has 0 unspecified atom stereocenters. The summed E-state index contributed by atoms with van der Waals surface area (Å²) >= 11 is 0. The molecule has 0 bridgehead atoms. The van der Waals surface area contributed by atoms with Crippen LogP contribution in [0.4, 0.5) is 5.69 Å². The van der Waals surface area contributed by atoms with Gasteiger partial charge >= 0.3 is 11.4 Å². The number of benzene rings is 1. The minimum absolute atomic E-state index is 0.282. The zero-order chi connectivity index (χ0) is 8.43. The van der Waals surface area contributed by atoms with Gasteiger partial charge in [-0.25, -0.2) is 0 Å². The van der Waals surface area contributed by atoms with Crippen LogP contribution in [0.2, 0.25) is 0 Å². The predicted molar refractivity (Wildman–Crippen MR) is 37.8 cm³/mol. The summed E-state index contributed by atoms with van der Waals surface area (Å²) in [5, 5.41) is 26.1. The number of para-hydroxylation sites is 1. The van der Waals surface area contributed by atoms with E-state index in [-0.39, 0.29) is 5.75 Å². The second kappa shape index (κ2) is 2.45. The summed E-state index contributed by atoms with van der Waals surface area (Å²) in [5.74, 6) is -0.752. The smallest absolute Gasteiger partial charge is 0.404 e. The third-order valence-corrected chi connectivity index (χ3v) is 1.20. The Balaban J connectivity index is 3.32. The molecule has 0 aromatic heterocycles. The molecule has 1 rings (SSSR count). The van der Waals surface area contributed by atoms with Gasteiger partial charge in [-0.15, -0.1) is 0 Å². The van der Waals surface area contributed by atoms with Crippen LogP contribution in [0, 0.1) is 10.1 Å². The fourth-order valence-electron chi connectivity index (χ4n) is 0.723. The first kappa shape index (κ1) is 7.33. The number of nitrogens with zero attached hydrogens (tertiary/aromatic N) is 1. The molecule has 0 aliphatic heterocycles. The minimum atomic E-state index is -0.780. The van der Waals surface area contributed by atoms with Crippen LogP contribution in [0.25, 0.3) is 0 Å². The Bertz CT molecular complexity index is 276. The van der Waals surface area contributed by atoms with E-state index >= 15 is 0 Å². The van der Waals surface area contributed by atoms with Crippen LogP contribution in [0.15, 0.2) is 18.2 Å². The lowest BCUT2D eigenvalue weighted by atomic mass is 10.3. The SMILES string of the molecule is O=[N+]([O-])c1c(O)cccc1[OH2+]. The molecule has 0 saturated heterocycles. The minimum Gasteiger partial charge on any atom is -0.588 e. The van der Waals surface area contributed by atoms with Gasteiger partial charge in [-0.05, 0) is 12.1 Å². The Morgan fingerprint density at radius 2 is 2.18 bits per heavy atom. The van der Waals surface area contributed by atoms with Gasteiger partial charge in [0.1, 0.15) is 0 Å². The molecule has 0 fully saturated rings. The highest BCUT2D eigenvalue weighted by molar-refractivity contribution is 5.55. The van der Waals surface area contributed by atoms with E-state index in [1.54, 1.807) is 0 Å². The molecule has 0 spiro atoms. The van der Waals surface area contributed by atoms with Crippen molar-refractivity contribution in [3.8, 4) is 11.5 Å². The molecule has 1 aromatic carbocycles. The molecule has 0 radical (unpaired) electrons. The first-order valence-electron chi connectivity index (χ1n) is 2.81. The first-order chi connectivity index (χ1) is 5.13. The number of phenolic OH excluding ortho intramolecular Hbond substituents is 1. The monoisotopic (exact) mass is 156 g/mol. The third kappa shape index (κ3) is 1.21. The van der Waals surface area contributed by atoms with Crippen molar-refractivity contribution >= 4 is 5.69 Å². The van der Waals surface area contributed by atoms with E-state index in [4.69, 9.17) is 10.2 Å². The normalized spacial score (nSPS) is 9.45. The summed E-state index contributed by atoms with van der Waals surface area (Å²) < 4.78 is 0. The van der Waals surface area contributed by atoms with Crippen molar-refractivity contribution in [1.82, 2.24) is 0 Å². The van der Waals surface area contributed by atoms with Crippen molar-refractivity contribution in [3.63, 3.8) is 0 Å². The van der Waals surface area contributed by atoms with E-state index in [9.17, 15) is 10.1 Å². The summed E-state index contributed by atoms with van der Waals surface area (Å²) in [7, 11) is 0. The lowest BCUT2D eigenvalue weighted by molar-refractivity contribution is -0.386. The Morgan fingerprint density at radius 1 is 1.55 bits per heavy atom. The maximum atomic E-state index is 10.2. The molecular weight excluding hydrogens is 150 g/mol. The maximum absolute atomic E-state index is 10.2. The van der Waals surface area contributed by atoms with E-state index in [0.717, 1.165) is 0 Å². The average Bonchev–Trinajstić information content (AvgIpc) is 1.85. The van der Waals surface area contributed by atoms with E-state index in [0.29, 0.717) is 0 Å². The lowest BCUT2D eigenvalue weighted by Gasteiger charge is -1.93. The first-order valence-corrected chi connectivity index (χ1v) is 2.81. The molecule has 5 heteroatoms. The molecule has 0 aliphatic carbocycles. The fraction of sp³-hybridized carbons (Fsp3) is 0. The molecule has 1 aromatic rings. The molecular formula is C6H6NO4+. The molecule has 0 saturated carbocycles. The Morgan fingerprint density at radius 3 is 2.55 bits per heavy atom. The number of rotatable bonds is 1. The highest BCUT2D eigenvalue weighted by Crippen LogP contribution is 2.33. The molecule has 0 heterocycles. The topological polar surface area (TPSA) is 86.3 Å². The van der Waals surface area contributed by atoms with Gasteiger partial charge in [-0.3, -0.25) is 10.1 Å². The van der Waals surface area contributed by atoms with E-state index in [1.165, 1.54) is 18.2 Å². The molecule has 0 atom stereocenters. The second-order valence-electron chi connectivity index (χ2n) is 1.93. The van der Waals surface area contributed by atoms with Crippen LogP contribution in [-0.4, -0.2) is 15.1 Å². The van der Waals surface area contributed by atoms with Crippen LogP contribution in [0.1, 0.15) is 0 Å². The summed E-state index contributed by atoms with van der Waals surface area (Å²) in [6.07, 6.45) is 0. The molecule has 0 amide bonds. The van der Waals surface area contributed by atoms with Crippen molar-refractivity contribution < 1.29 is 15.1 Å². The van der Waals surface area contributed by atoms with Crippen molar-refractivity contribution in [3.05, 3.63) is 28.3 Å². The Hall–Kier alpha value is -1.78. The van der Waals surface area contributed by atoms with Crippen molar-refractivity contribution in [2.45, 2.75) is 0 Å². The number of nitro benzene ring substituents is 1. The van der Waals surface area contributed by atoms with Crippen molar-refractivity contribution in [2.24, 2.45) is 0 Å². The Kier molecular flexibility index (Phi) is 1.63. The number of hydrogen-bond acceptors (Lipinski definition) is 3. The van der Waals surface area contributed by atoms with Gasteiger partial charge in [0.2, 0.25) is 5.75 Å². The van der Waals surface area contributed by atoms with Crippen LogP contribution in [-0.2, 0) is 0 Å². The van der Waals surface area contributed by atoms with Gasteiger partial charge < -0.3 is 10.2 Å². The van der Waals surface area contributed by atoms with Crippen molar-refractivity contribution in [1.29, 1.82) is 0 Å². The highest BCUT2D eigenvalue weighted by atomic mass is 16.6. The summed E-state index contributed by atoms with van der Waals surface area (Å²) in [6.45, 7) is 0. The zero-order valence-electron chi connectivity index (χ0n) is 5.44. The van der Waals surface area contributed by atoms with Crippen LogP contribution in [0.5, 0.6) is 11.5 Å². The molecule has 11 heavy (non-hydrogen) atoms. The van der Waals surface area contributed by atoms with Gasteiger partial charge in [0.05, 0.1) is 4.92 Å². The van der Waals surface area contributed by atoms with E-state index < -0.39 is 16.4 Å². The number of hydrogen-bond donors (Lipinski definition) is 1. The average molecular weight is 156 g/mol. The quantitative estimate of drug-likeness (QED) is 0.369. The predicted octanol–water partition coefficient (Wildman–Crippen LogP) is 0.738. The highest BCUT2D eigenvalue weighted by Gasteiger charge is 2.22. The van der Waals surface area contributed by atoms with Gasteiger partial charge in [0.25, 0.3) is 0 Å². The maximum Gasteiger partial charge on any atom is 0.404 e. The molecule has 58 valence electrons. The second-order valence-corrected chi connectivity index (χ2v) is 1.93.